The molecule has 7 nitrogen and oxygen atoms in total. The topological polar surface area (TPSA) is 85.1 Å². The Morgan fingerprint density at radius 1 is 1.02 bits per heavy atom. The molecule has 7 heteroatoms. The first-order valence-electron chi connectivity index (χ1n) is 22.2. The van der Waals surface area contributed by atoms with Gasteiger partial charge in [-0.3, -0.25) is 14.6 Å². The van der Waals surface area contributed by atoms with Crippen LogP contribution >= 0.6 is 0 Å². The highest BCUT2D eigenvalue weighted by Crippen LogP contribution is 2.86. The number of carbonyl (C=O) groups is 2. The molecule has 2 N–H and O–H groups in total. The van der Waals surface area contributed by atoms with Crippen LogP contribution in [0.15, 0.2) is 53.3 Å². The van der Waals surface area contributed by atoms with Crippen molar-refractivity contribution >= 4 is 11.9 Å². The number of benzene rings is 1. The first-order valence-corrected chi connectivity index (χ1v) is 22.2. The van der Waals surface area contributed by atoms with Gasteiger partial charge in [-0.15, -0.1) is 0 Å². The fraction of sp³-hybridized carbons (Fsp3) is 0.702. The van der Waals surface area contributed by atoms with Crippen LogP contribution in [0.1, 0.15) is 119 Å². The summed E-state index contributed by atoms with van der Waals surface area (Å²) in [6.45, 7) is 11.3. The maximum atomic E-state index is 15.4. The van der Waals surface area contributed by atoms with E-state index < -0.39 is 16.4 Å². The molecule has 2 spiro atoms. The zero-order valence-electron chi connectivity index (χ0n) is 32.9. The second kappa shape index (κ2) is 12.1. The number of piperidine rings is 3. The largest absolute Gasteiger partial charge is 0.449 e. The van der Waals surface area contributed by atoms with Crippen LogP contribution in [0.5, 0.6) is 0 Å². The van der Waals surface area contributed by atoms with Gasteiger partial charge in [0.2, 0.25) is 0 Å². The van der Waals surface area contributed by atoms with Crippen LogP contribution < -0.4 is 5.73 Å². The summed E-state index contributed by atoms with van der Waals surface area (Å²) in [7, 11) is 0. The summed E-state index contributed by atoms with van der Waals surface area (Å²) in [4.78, 5) is 35.9. The minimum atomic E-state index is -0.941. The molecule has 0 radical (unpaired) electrons. The first-order chi connectivity index (χ1) is 26.3. The molecular weight excluding hydrogens is 671 g/mol. The predicted octanol–water partition coefficient (Wildman–Crippen LogP) is 7.69. The lowest BCUT2D eigenvalue weighted by molar-refractivity contribution is -0.275. The highest BCUT2D eigenvalue weighted by molar-refractivity contribution is 6.00. The third kappa shape index (κ3) is 4.00. The van der Waals surface area contributed by atoms with Crippen molar-refractivity contribution in [3.05, 3.63) is 70.0 Å². The minimum absolute atomic E-state index is 0.0833. The molecule has 0 aromatic heterocycles. The van der Waals surface area contributed by atoms with Crippen molar-refractivity contribution in [1.29, 1.82) is 0 Å². The van der Waals surface area contributed by atoms with Crippen LogP contribution in [-0.2, 0) is 26.3 Å². The molecule has 4 aliphatic carbocycles. The van der Waals surface area contributed by atoms with E-state index in [0.29, 0.717) is 48.3 Å². The average Bonchev–Trinajstić information content (AvgIpc) is 3.62. The van der Waals surface area contributed by atoms with Gasteiger partial charge in [-0.1, -0.05) is 69.5 Å². The second-order valence-electron chi connectivity index (χ2n) is 19.6. The summed E-state index contributed by atoms with van der Waals surface area (Å²) in [5.74, 6) is 4.03. The standard InChI is InChI=1S/C47H61N3O4/c1-4-8-32-14-18-39-45-20-19-34-35(16-15-33-27(3)22-30-13-17-37-31-23-28(24-49(32)26-31)25-50(37)42(30)41(33)34)46(45,44(52)53-39)38(9-5-2)47(45)36-12-6-10-29(11-7-21-48)40(36)43(51)54-47/h6,10,12,15-16,18,27-28,30-33,37-38,41-42H,4-5,7-9,11,13-14,17,19-26,48H2,1-3H3. The molecule has 9 heterocycles. The lowest BCUT2D eigenvalue weighted by atomic mass is 9.29. The van der Waals surface area contributed by atoms with Gasteiger partial charge in [0, 0.05) is 55.2 Å². The Balaban J connectivity index is 1.17. The first kappa shape index (κ1) is 34.5. The number of carbonyl (C=O) groups excluding carboxylic acids is 2. The summed E-state index contributed by atoms with van der Waals surface area (Å²) in [5.41, 5.74) is 9.01. The molecule has 1 aromatic carbocycles. The molecule has 15 unspecified atom stereocenters. The van der Waals surface area contributed by atoms with E-state index in [0.717, 1.165) is 92.1 Å². The van der Waals surface area contributed by atoms with Gasteiger partial charge in [0.1, 0.15) is 11.2 Å². The Bertz CT molecular complexity index is 1880. The van der Waals surface area contributed by atoms with Gasteiger partial charge >= 0.3 is 11.9 Å². The van der Waals surface area contributed by atoms with Gasteiger partial charge in [0.15, 0.2) is 5.60 Å². The van der Waals surface area contributed by atoms with Crippen LogP contribution in [0, 0.1) is 52.3 Å². The number of nitrogens with two attached hydrogens (primary N) is 1. The molecule has 13 aliphatic rings. The number of esters is 2. The van der Waals surface area contributed by atoms with Gasteiger partial charge in [0.25, 0.3) is 0 Å². The minimum Gasteiger partial charge on any atom is -0.449 e. The lowest BCUT2D eigenvalue weighted by Crippen LogP contribution is -2.77. The van der Waals surface area contributed by atoms with Crippen LogP contribution in [-0.4, -0.2) is 66.0 Å². The molecule has 9 aliphatic heterocycles. The Hall–Kier alpha value is -2.74. The summed E-state index contributed by atoms with van der Waals surface area (Å²) < 4.78 is 13.9. The third-order valence-corrected chi connectivity index (χ3v) is 17.5. The Kier molecular flexibility index (Phi) is 7.75. The highest BCUT2D eigenvalue weighted by Gasteiger charge is 2.92. The number of aryl methyl sites for hydroxylation is 1. The van der Waals surface area contributed by atoms with Crippen molar-refractivity contribution in [2.45, 2.75) is 128 Å². The van der Waals surface area contributed by atoms with Crippen molar-refractivity contribution in [2.75, 3.05) is 26.2 Å². The number of ether oxygens (including phenoxy) is 2. The van der Waals surface area contributed by atoms with Gasteiger partial charge in [-0.2, -0.15) is 0 Å². The van der Waals surface area contributed by atoms with Crippen LogP contribution in [0.3, 0.4) is 0 Å². The van der Waals surface area contributed by atoms with Crippen LogP contribution in [0.4, 0.5) is 0 Å². The maximum absolute atomic E-state index is 15.4. The summed E-state index contributed by atoms with van der Waals surface area (Å²) in [6, 6.07) is 8.00. The summed E-state index contributed by atoms with van der Waals surface area (Å²) >= 11 is 0. The van der Waals surface area contributed by atoms with E-state index in [4.69, 9.17) is 15.2 Å². The smallest absolute Gasteiger partial charge is 0.339 e. The van der Waals surface area contributed by atoms with Crippen molar-refractivity contribution in [2.24, 2.45) is 58.0 Å². The molecule has 12 bridgehead atoms. The number of fused-ring (bicyclic) bond motifs is 2. The van der Waals surface area contributed by atoms with Crippen molar-refractivity contribution < 1.29 is 19.1 Å². The number of hydrogen-bond acceptors (Lipinski definition) is 7. The van der Waals surface area contributed by atoms with Crippen LogP contribution in [0.25, 0.3) is 0 Å². The maximum Gasteiger partial charge on any atom is 0.339 e. The fourth-order valence-corrected chi connectivity index (χ4v) is 16.0. The normalized spacial score (nSPS) is 47.2. The number of rotatable bonds is 7. The molecule has 6 fully saturated rings. The lowest BCUT2D eigenvalue weighted by Gasteiger charge is -2.71. The Labute approximate surface area is 322 Å². The van der Waals surface area contributed by atoms with Crippen molar-refractivity contribution in [3.8, 4) is 0 Å². The zero-order chi connectivity index (χ0) is 36.7. The van der Waals surface area contributed by atoms with E-state index in [1.54, 1.807) is 5.57 Å². The highest BCUT2D eigenvalue weighted by atomic mass is 16.6. The number of allylic oxidation sites excluding steroid dienone is 2. The van der Waals surface area contributed by atoms with Gasteiger partial charge in [-0.05, 0) is 124 Å². The molecule has 2 saturated carbocycles. The number of hydrogen-bond donors (Lipinski definition) is 1. The second-order valence-corrected chi connectivity index (χ2v) is 19.6. The molecule has 1 aromatic rings. The molecule has 54 heavy (non-hydrogen) atoms. The van der Waals surface area contributed by atoms with Gasteiger partial charge < -0.3 is 15.2 Å². The average molecular weight is 732 g/mol. The molecular formula is C47H61N3O4. The van der Waals surface area contributed by atoms with Gasteiger partial charge in [0.05, 0.1) is 11.0 Å². The van der Waals surface area contributed by atoms with E-state index in [2.05, 4.69) is 67.0 Å². The Morgan fingerprint density at radius 2 is 1.89 bits per heavy atom. The van der Waals surface area contributed by atoms with Gasteiger partial charge in [-0.25, -0.2) is 4.79 Å². The summed E-state index contributed by atoms with van der Waals surface area (Å²) in [5, 5.41) is 0. The molecule has 288 valence electrons. The molecule has 0 amide bonds. The predicted molar refractivity (Wildman–Crippen MR) is 208 cm³/mol. The zero-order valence-corrected chi connectivity index (χ0v) is 32.9. The molecule has 15 atom stereocenters. The van der Waals surface area contributed by atoms with E-state index in [1.807, 2.05) is 0 Å². The fourth-order valence-electron chi connectivity index (χ4n) is 16.0. The van der Waals surface area contributed by atoms with Crippen LogP contribution in [0.2, 0.25) is 0 Å². The quantitative estimate of drug-likeness (QED) is 0.288. The van der Waals surface area contributed by atoms with E-state index >= 15 is 4.79 Å². The van der Waals surface area contributed by atoms with E-state index in [9.17, 15) is 4.79 Å². The van der Waals surface area contributed by atoms with E-state index in [1.165, 1.54) is 50.9 Å². The third-order valence-electron chi connectivity index (χ3n) is 17.5. The Morgan fingerprint density at radius 3 is 2.72 bits per heavy atom. The summed E-state index contributed by atoms with van der Waals surface area (Å²) in [6.07, 6.45) is 20.8. The number of nitrogens with zero attached hydrogens (tertiary/aromatic N) is 2. The van der Waals surface area contributed by atoms with E-state index in [-0.39, 0.29) is 17.9 Å². The molecule has 14 rings (SSSR count). The van der Waals surface area contributed by atoms with Crippen molar-refractivity contribution in [1.82, 2.24) is 9.80 Å². The monoisotopic (exact) mass is 731 g/mol. The molecule has 4 saturated heterocycles. The van der Waals surface area contributed by atoms with Crippen molar-refractivity contribution in [3.63, 3.8) is 0 Å². The SMILES string of the molecule is CCCC1CC=C2OC(=O)C34C5=C(CCC23C2(OC(=O)c3c(CCCN)cccc32)C4CCC)C2C(C=C5)C(C)CC3CCC4C5CC(CN1C5)CN4C32.